The summed E-state index contributed by atoms with van der Waals surface area (Å²) in [6, 6.07) is 0.498. The van der Waals surface area contributed by atoms with Crippen LogP contribution >= 0.6 is 11.3 Å². The molecule has 3 heterocycles. The highest BCUT2D eigenvalue weighted by molar-refractivity contribution is 7.11. The van der Waals surface area contributed by atoms with Crippen LogP contribution in [-0.4, -0.2) is 41.5 Å². The minimum Gasteiger partial charge on any atom is -0.339 e. The van der Waals surface area contributed by atoms with Gasteiger partial charge < -0.3 is 10.2 Å². The highest BCUT2D eigenvalue weighted by atomic mass is 32.1. The Morgan fingerprint density at radius 1 is 0.971 bits per heavy atom. The fourth-order valence-corrected chi connectivity index (χ4v) is 10.0. The summed E-state index contributed by atoms with van der Waals surface area (Å²) >= 11 is 1.88. The van der Waals surface area contributed by atoms with E-state index in [0.717, 1.165) is 50.2 Å². The number of rotatable bonds is 3. The van der Waals surface area contributed by atoms with Gasteiger partial charge in [0, 0.05) is 36.0 Å². The fourth-order valence-electron chi connectivity index (χ4n) is 8.80. The minimum atomic E-state index is -0.00603. The zero-order valence-electron chi connectivity index (χ0n) is 21.3. The molecule has 2 saturated carbocycles. The van der Waals surface area contributed by atoms with Gasteiger partial charge in [-0.3, -0.25) is 4.79 Å². The van der Waals surface area contributed by atoms with Crippen molar-refractivity contribution in [3.05, 3.63) is 15.6 Å². The maximum atomic E-state index is 14.5. The first-order chi connectivity index (χ1) is 16.7. The molecule has 4 nitrogen and oxygen atoms in total. The third-order valence-electron chi connectivity index (χ3n) is 10.5. The molecular formula is C29H45N3OS. The molecule has 0 unspecified atom stereocenters. The Morgan fingerprint density at radius 2 is 1.71 bits per heavy atom. The van der Waals surface area contributed by atoms with Crippen LogP contribution in [0.2, 0.25) is 0 Å². The molecule has 0 bridgehead atoms. The van der Waals surface area contributed by atoms with E-state index in [1.807, 2.05) is 11.3 Å². The molecule has 0 radical (unpaired) electrons. The van der Waals surface area contributed by atoms with Crippen LogP contribution in [0.15, 0.2) is 0 Å². The first-order valence-electron chi connectivity index (χ1n) is 14.6. The molecule has 34 heavy (non-hydrogen) atoms. The Bertz CT molecular complexity index is 871. The third-order valence-corrected chi connectivity index (χ3v) is 11.8. The van der Waals surface area contributed by atoms with Crippen molar-refractivity contribution in [1.82, 2.24) is 15.2 Å². The number of carbonyl (C=O) groups excluding carboxylic acids is 1. The molecule has 6 rings (SSSR count). The number of aryl methyl sites for hydroxylation is 2. The molecule has 5 aliphatic rings. The lowest BCUT2D eigenvalue weighted by Crippen LogP contribution is -2.55. The number of amides is 1. The number of nitrogens with one attached hydrogen (secondary N) is 1. The van der Waals surface area contributed by atoms with Crippen LogP contribution in [0.4, 0.5) is 0 Å². The Kier molecular flexibility index (Phi) is 6.79. The van der Waals surface area contributed by atoms with E-state index in [2.05, 4.69) is 17.1 Å². The van der Waals surface area contributed by atoms with Gasteiger partial charge in [-0.1, -0.05) is 51.4 Å². The first-order valence-corrected chi connectivity index (χ1v) is 15.5. The average Bonchev–Trinajstić information content (AvgIpc) is 3.48. The number of thiazole rings is 1. The number of nitrogens with zero attached hydrogens (tertiary/aromatic N) is 2. The van der Waals surface area contributed by atoms with Crippen LogP contribution in [0, 0.1) is 30.6 Å². The van der Waals surface area contributed by atoms with Gasteiger partial charge in [0.2, 0.25) is 5.91 Å². The summed E-state index contributed by atoms with van der Waals surface area (Å²) in [7, 11) is 0. The van der Waals surface area contributed by atoms with E-state index in [4.69, 9.17) is 4.98 Å². The molecule has 188 valence electrons. The smallest absolute Gasteiger partial charge is 0.228 e. The fraction of sp³-hybridized carbons (Fsp3) is 0.862. The summed E-state index contributed by atoms with van der Waals surface area (Å²) in [4.78, 5) is 23.3. The summed E-state index contributed by atoms with van der Waals surface area (Å²) in [5.41, 5.74) is 1.29. The second kappa shape index (κ2) is 9.84. The zero-order valence-corrected chi connectivity index (χ0v) is 22.1. The quantitative estimate of drug-likeness (QED) is 0.572. The monoisotopic (exact) mass is 483 g/mol. The molecule has 4 atom stereocenters. The standard InChI is InChI=1S/C29H45N3OS/c1-20-31-25-13-8-15-29(27(25)34-20)19-30-18-24(29)28(33)32-16-14-23(21-9-4-2-5-10-21)17-26(32)22-11-6-3-7-12-22/h21-24,26,30H,2-19H2,1H3/t23-,24+,26+,29-/m1/s1. The maximum absolute atomic E-state index is 14.5. The van der Waals surface area contributed by atoms with Crippen molar-refractivity contribution < 1.29 is 4.79 Å². The van der Waals surface area contributed by atoms with Gasteiger partial charge in [-0.05, 0) is 69.6 Å². The number of likely N-dealkylation sites (tertiary alicyclic amines) is 1. The normalized spacial score (nSPS) is 35.6. The van der Waals surface area contributed by atoms with Gasteiger partial charge in [0.05, 0.1) is 16.6 Å². The average molecular weight is 484 g/mol. The van der Waals surface area contributed by atoms with Crippen LogP contribution in [0.5, 0.6) is 0 Å². The third kappa shape index (κ3) is 4.17. The first kappa shape index (κ1) is 23.5. The van der Waals surface area contributed by atoms with Gasteiger partial charge in [-0.2, -0.15) is 0 Å². The van der Waals surface area contributed by atoms with Gasteiger partial charge in [0.25, 0.3) is 0 Å². The van der Waals surface area contributed by atoms with E-state index < -0.39 is 0 Å². The highest BCUT2D eigenvalue weighted by Crippen LogP contribution is 2.49. The molecule has 1 aromatic rings. The largest absolute Gasteiger partial charge is 0.339 e. The van der Waals surface area contributed by atoms with Gasteiger partial charge in [-0.15, -0.1) is 11.3 Å². The van der Waals surface area contributed by atoms with E-state index >= 15 is 0 Å². The predicted molar refractivity (Wildman–Crippen MR) is 139 cm³/mol. The van der Waals surface area contributed by atoms with Crippen molar-refractivity contribution in [3.8, 4) is 0 Å². The van der Waals surface area contributed by atoms with Crippen molar-refractivity contribution in [1.29, 1.82) is 0 Å². The summed E-state index contributed by atoms with van der Waals surface area (Å²) in [6.07, 6.45) is 20.0. The summed E-state index contributed by atoms with van der Waals surface area (Å²) in [6.45, 7) is 4.98. The Labute approximate surface area is 210 Å². The number of carbonyl (C=O) groups is 1. The van der Waals surface area contributed by atoms with Gasteiger partial charge in [0.15, 0.2) is 0 Å². The van der Waals surface area contributed by atoms with Crippen LogP contribution in [0.25, 0.3) is 0 Å². The lowest BCUT2D eigenvalue weighted by atomic mass is 9.67. The van der Waals surface area contributed by atoms with E-state index in [1.165, 1.54) is 99.0 Å². The second-order valence-electron chi connectivity index (χ2n) is 12.4. The van der Waals surface area contributed by atoms with E-state index in [0.29, 0.717) is 11.9 Å². The molecule has 1 aromatic heterocycles. The molecule has 3 aliphatic carbocycles. The molecule has 4 fully saturated rings. The van der Waals surface area contributed by atoms with Gasteiger partial charge in [-0.25, -0.2) is 4.98 Å². The predicted octanol–water partition coefficient (Wildman–Crippen LogP) is 6.01. The van der Waals surface area contributed by atoms with Crippen LogP contribution < -0.4 is 5.32 Å². The molecule has 5 heteroatoms. The zero-order chi connectivity index (χ0) is 23.1. The number of hydrogen-bond donors (Lipinski definition) is 1. The summed E-state index contributed by atoms with van der Waals surface area (Å²) in [5.74, 6) is 3.11. The van der Waals surface area contributed by atoms with E-state index in [1.54, 1.807) is 0 Å². The van der Waals surface area contributed by atoms with Crippen molar-refractivity contribution >= 4 is 17.2 Å². The second-order valence-corrected chi connectivity index (χ2v) is 13.6. The van der Waals surface area contributed by atoms with Crippen molar-refractivity contribution in [2.45, 2.75) is 115 Å². The number of hydrogen-bond acceptors (Lipinski definition) is 4. The minimum absolute atomic E-state index is 0.00603. The molecule has 1 N–H and O–H groups in total. The van der Waals surface area contributed by atoms with Gasteiger partial charge >= 0.3 is 0 Å². The Hall–Kier alpha value is -0.940. The molecule has 2 aliphatic heterocycles. The van der Waals surface area contributed by atoms with Crippen LogP contribution in [-0.2, 0) is 16.6 Å². The molecule has 0 aromatic carbocycles. The number of aromatic nitrogens is 1. The molecule has 1 spiro atoms. The Morgan fingerprint density at radius 3 is 2.47 bits per heavy atom. The SMILES string of the molecule is Cc1nc2c(s1)[C@]1(CCC2)CNC[C@H]1C(=O)N1CC[C@@H](C2CCCCC2)C[C@H]1C1CCCCC1. The number of piperidine rings is 1. The van der Waals surface area contributed by atoms with Crippen LogP contribution in [0.3, 0.4) is 0 Å². The molecule has 2 saturated heterocycles. The summed E-state index contributed by atoms with van der Waals surface area (Å²) < 4.78 is 0. The molecule has 1 amide bonds. The van der Waals surface area contributed by atoms with Crippen molar-refractivity contribution in [2.24, 2.45) is 23.7 Å². The van der Waals surface area contributed by atoms with Crippen molar-refractivity contribution in [2.75, 3.05) is 19.6 Å². The topological polar surface area (TPSA) is 45.2 Å². The number of fused-ring (bicyclic) bond motifs is 2. The highest BCUT2D eigenvalue weighted by Gasteiger charge is 2.53. The van der Waals surface area contributed by atoms with Gasteiger partial charge in [0.1, 0.15) is 0 Å². The Balaban J connectivity index is 1.27. The maximum Gasteiger partial charge on any atom is 0.228 e. The molecular weight excluding hydrogens is 438 g/mol. The lowest BCUT2D eigenvalue weighted by Gasteiger charge is -2.49. The van der Waals surface area contributed by atoms with Crippen LogP contribution in [0.1, 0.15) is 105 Å². The van der Waals surface area contributed by atoms with Crippen molar-refractivity contribution in [3.63, 3.8) is 0 Å². The van der Waals surface area contributed by atoms with E-state index in [9.17, 15) is 4.79 Å². The lowest BCUT2D eigenvalue weighted by molar-refractivity contribution is -0.144. The van der Waals surface area contributed by atoms with E-state index in [-0.39, 0.29) is 11.3 Å². The summed E-state index contributed by atoms with van der Waals surface area (Å²) in [5, 5.41) is 4.87.